The molecule has 2 aromatic carbocycles. The van der Waals surface area contributed by atoms with E-state index in [1.54, 1.807) is 47.4 Å². The first-order chi connectivity index (χ1) is 12.9. The standard InChI is InChI=1S/C20H23ClN2O3S/c1-16-7-6-12-22(14-16)20(24)15-23(18-9-5-8-17(21)13-18)27(25,26)19-10-3-2-4-11-19/h2-5,8-11,13,16H,6-7,12,14-15H2,1H3/t16-/m1/s1. The molecule has 7 heteroatoms. The fourth-order valence-corrected chi connectivity index (χ4v) is 4.92. The molecule has 1 saturated heterocycles. The zero-order chi connectivity index (χ0) is 19.4. The second-order valence-electron chi connectivity index (χ2n) is 6.89. The van der Waals surface area contributed by atoms with Crippen molar-refractivity contribution in [3.8, 4) is 0 Å². The SMILES string of the molecule is C[C@@H]1CCCN(C(=O)CN(c2cccc(Cl)c2)S(=O)(=O)c2ccccc2)C1. The summed E-state index contributed by atoms with van der Waals surface area (Å²) in [6.07, 6.45) is 2.03. The molecule has 3 rings (SSSR count). The number of hydrogen-bond acceptors (Lipinski definition) is 3. The van der Waals surface area contributed by atoms with Crippen molar-refractivity contribution in [2.24, 2.45) is 5.92 Å². The van der Waals surface area contributed by atoms with Crippen LogP contribution in [0.25, 0.3) is 0 Å². The van der Waals surface area contributed by atoms with Crippen molar-refractivity contribution in [1.29, 1.82) is 0 Å². The Morgan fingerprint density at radius 1 is 1.19 bits per heavy atom. The lowest BCUT2D eigenvalue weighted by Gasteiger charge is -2.33. The Morgan fingerprint density at radius 3 is 2.59 bits per heavy atom. The molecule has 1 aliphatic heterocycles. The summed E-state index contributed by atoms with van der Waals surface area (Å²) in [6, 6.07) is 14.7. The van der Waals surface area contributed by atoms with Crippen LogP contribution >= 0.6 is 11.6 Å². The normalized spacial score (nSPS) is 17.6. The average molecular weight is 407 g/mol. The molecule has 0 N–H and O–H groups in total. The highest BCUT2D eigenvalue weighted by atomic mass is 35.5. The summed E-state index contributed by atoms with van der Waals surface area (Å²) in [7, 11) is -3.89. The number of rotatable bonds is 5. The van der Waals surface area contributed by atoms with Gasteiger partial charge in [-0.3, -0.25) is 9.10 Å². The van der Waals surface area contributed by atoms with Crippen molar-refractivity contribution in [2.45, 2.75) is 24.7 Å². The minimum absolute atomic E-state index is 0.143. The summed E-state index contributed by atoms with van der Waals surface area (Å²) in [5.41, 5.74) is 0.379. The summed E-state index contributed by atoms with van der Waals surface area (Å²) >= 11 is 6.07. The first-order valence-electron chi connectivity index (χ1n) is 8.99. The van der Waals surface area contributed by atoms with E-state index in [1.807, 2.05) is 0 Å². The van der Waals surface area contributed by atoms with Gasteiger partial charge in [0.05, 0.1) is 10.6 Å². The van der Waals surface area contributed by atoms with Gasteiger partial charge in [-0.15, -0.1) is 0 Å². The number of carbonyl (C=O) groups excluding carboxylic acids is 1. The maximum atomic E-state index is 13.2. The lowest BCUT2D eigenvalue weighted by Crippen LogP contribution is -2.46. The summed E-state index contributed by atoms with van der Waals surface area (Å²) in [5, 5.41) is 0.416. The van der Waals surface area contributed by atoms with Gasteiger partial charge in [-0.1, -0.05) is 42.8 Å². The number of sulfonamides is 1. The number of halogens is 1. The van der Waals surface area contributed by atoms with E-state index in [2.05, 4.69) is 6.92 Å². The van der Waals surface area contributed by atoms with Gasteiger partial charge in [0.25, 0.3) is 10.0 Å². The van der Waals surface area contributed by atoms with E-state index < -0.39 is 10.0 Å². The van der Waals surface area contributed by atoms with Crippen LogP contribution in [0.3, 0.4) is 0 Å². The highest BCUT2D eigenvalue weighted by Gasteiger charge is 2.30. The van der Waals surface area contributed by atoms with Gasteiger partial charge in [0.2, 0.25) is 5.91 Å². The summed E-state index contributed by atoms with van der Waals surface area (Å²) < 4.78 is 27.6. The Balaban J connectivity index is 1.94. The fraction of sp³-hybridized carbons (Fsp3) is 0.350. The summed E-state index contributed by atoms with van der Waals surface area (Å²) in [5.74, 6) is 0.231. The molecule has 0 spiro atoms. The zero-order valence-electron chi connectivity index (χ0n) is 15.2. The third kappa shape index (κ3) is 4.62. The van der Waals surface area contributed by atoms with Crippen molar-refractivity contribution in [1.82, 2.24) is 4.90 Å². The van der Waals surface area contributed by atoms with E-state index in [0.29, 0.717) is 29.7 Å². The number of likely N-dealkylation sites (tertiary alicyclic amines) is 1. The van der Waals surface area contributed by atoms with E-state index in [4.69, 9.17) is 11.6 Å². The molecular formula is C20H23ClN2O3S. The smallest absolute Gasteiger partial charge is 0.264 e. The van der Waals surface area contributed by atoms with Gasteiger partial charge in [0, 0.05) is 18.1 Å². The molecule has 0 saturated carbocycles. The molecule has 2 aromatic rings. The van der Waals surface area contributed by atoms with E-state index >= 15 is 0 Å². The third-order valence-corrected chi connectivity index (χ3v) is 6.74. The van der Waals surface area contributed by atoms with Crippen LogP contribution in [0.2, 0.25) is 5.02 Å². The molecule has 0 unspecified atom stereocenters. The van der Waals surface area contributed by atoms with Crippen LogP contribution in [0.1, 0.15) is 19.8 Å². The topological polar surface area (TPSA) is 57.7 Å². The molecule has 0 bridgehead atoms. The van der Waals surface area contributed by atoms with Crippen LogP contribution in [0.4, 0.5) is 5.69 Å². The Kier molecular flexibility index (Phi) is 6.07. The number of benzene rings is 2. The summed E-state index contributed by atoms with van der Waals surface area (Å²) in [6.45, 7) is 3.19. The van der Waals surface area contributed by atoms with Gasteiger partial charge in [-0.2, -0.15) is 0 Å². The highest BCUT2D eigenvalue weighted by Crippen LogP contribution is 2.26. The van der Waals surface area contributed by atoms with Crippen LogP contribution in [0.5, 0.6) is 0 Å². The maximum Gasteiger partial charge on any atom is 0.264 e. The first-order valence-corrected chi connectivity index (χ1v) is 10.8. The van der Waals surface area contributed by atoms with E-state index in [9.17, 15) is 13.2 Å². The lowest BCUT2D eigenvalue weighted by atomic mass is 10.0. The second-order valence-corrected chi connectivity index (χ2v) is 9.19. The van der Waals surface area contributed by atoms with Crippen LogP contribution < -0.4 is 4.31 Å². The molecule has 1 amide bonds. The molecule has 0 radical (unpaired) electrons. The number of anilines is 1. The van der Waals surface area contributed by atoms with Crippen LogP contribution in [0, 0.1) is 5.92 Å². The van der Waals surface area contributed by atoms with Gasteiger partial charge < -0.3 is 4.90 Å². The number of hydrogen-bond donors (Lipinski definition) is 0. The maximum absolute atomic E-state index is 13.2. The molecule has 0 aromatic heterocycles. The molecule has 1 heterocycles. The minimum Gasteiger partial charge on any atom is -0.341 e. The molecule has 1 aliphatic rings. The molecule has 5 nitrogen and oxygen atoms in total. The first kappa shape index (κ1) is 19.7. The second kappa shape index (κ2) is 8.31. The Hall–Kier alpha value is -2.05. The van der Waals surface area contributed by atoms with E-state index in [-0.39, 0.29) is 17.3 Å². The number of amides is 1. The Labute approximate surface area is 165 Å². The predicted octanol–water partition coefficient (Wildman–Crippen LogP) is 3.79. The van der Waals surface area contributed by atoms with Crippen LogP contribution in [-0.2, 0) is 14.8 Å². The minimum atomic E-state index is -3.89. The van der Waals surface area contributed by atoms with Crippen molar-refractivity contribution >= 4 is 33.2 Å². The van der Waals surface area contributed by atoms with Crippen molar-refractivity contribution in [3.63, 3.8) is 0 Å². The fourth-order valence-electron chi connectivity index (χ4n) is 3.30. The Morgan fingerprint density at radius 2 is 1.93 bits per heavy atom. The summed E-state index contributed by atoms with van der Waals surface area (Å²) in [4.78, 5) is 14.8. The van der Waals surface area contributed by atoms with E-state index in [0.717, 1.165) is 17.1 Å². The van der Waals surface area contributed by atoms with Crippen molar-refractivity contribution in [2.75, 3.05) is 23.9 Å². The quantitative estimate of drug-likeness (QED) is 0.758. The highest BCUT2D eigenvalue weighted by molar-refractivity contribution is 7.92. The van der Waals surface area contributed by atoms with Gasteiger partial charge in [-0.05, 0) is 49.1 Å². The molecule has 144 valence electrons. The van der Waals surface area contributed by atoms with Gasteiger partial charge >= 0.3 is 0 Å². The molecule has 27 heavy (non-hydrogen) atoms. The van der Waals surface area contributed by atoms with Gasteiger partial charge in [0.1, 0.15) is 6.54 Å². The van der Waals surface area contributed by atoms with Gasteiger partial charge in [-0.25, -0.2) is 8.42 Å². The largest absolute Gasteiger partial charge is 0.341 e. The Bertz CT molecular complexity index is 902. The molecular weight excluding hydrogens is 384 g/mol. The molecule has 1 fully saturated rings. The van der Waals surface area contributed by atoms with Crippen LogP contribution in [0.15, 0.2) is 59.5 Å². The van der Waals surface area contributed by atoms with Crippen molar-refractivity contribution < 1.29 is 13.2 Å². The van der Waals surface area contributed by atoms with Gasteiger partial charge in [0.15, 0.2) is 0 Å². The zero-order valence-corrected chi connectivity index (χ0v) is 16.8. The number of piperidine rings is 1. The predicted molar refractivity (Wildman–Crippen MR) is 107 cm³/mol. The van der Waals surface area contributed by atoms with Crippen molar-refractivity contribution in [3.05, 3.63) is 59.6 Å². The monoisotopic (exact) mass is 406 g/mol. The number of carbonyl (C=O) groups is 1. The molecule has 1 atom stereocenters. The van der Waals surface area contributed by atoms with Crippen LogP contribution in [-0.4, -0.2) is 38.9 Å². The number of nitrogens with zero attached hydrogens (tertiary/aromatic N) is 2. The average Bonchev–Trinajstić information content (AvgIpc) is 2.66. The molecule has 0 aliphatic carbocycles. The lowest BCUT2D eigenvalue weighted by molar-refractivity contribution is -0.131. The third-order valence-electron chi connectivity index (χ3n) is 4.72. The van der Waals surface area contributed by atoms with E-state index in [1.165, 1.54) is 12.1 Å².